The molecule has 1 aromatic rings. The Morgan fingerprint density at radius 1 is 1.17 bits per heavy atom. The van der Waals surface area contributed by atoms with E-state index in [9.17, 15) is 0 Å². The molecule has 0 aromatic heterocycles. The molecular weight excluding hydrogens is 222 g/mol. The minimum atomic E-state index is 0.551. The molecule has 0 amide bonds. The van der Waals surface area contributed by atoms with E-state index in [1.165, 1.54) is 24.0 Å². The van der Waals surface area contributed by atoms with Gasteiger partial charge >= 0.3 is 0 Å². The Morgan fingerprint density at radius 2 is 1.94 bits per heavy atom. The Bertz CT molecular complexity index is 347. The van der Waals surface area contributed by atoms with E-state index in [2.05, 4.69) is 51.2 Å². The van der Waals surface area contributed by atoms with Crippen molar-refractivity contribution < 1.29 is 4.74 Å². The van der Waals surface area contributed by atoms with Crippen molar-refractivity contribution in [2.75, 3.05) is 19.7 Å². The number of ether oxygens (including phenoxy) is 1. The minimum absolute atomic E-state index is 0.551. The predicted molar refractivity (Wildman–Crippen MR) is 78.5 cm³/mol. The molecule has 0 heterocycles. The van der Waals surface area contributed by atoms with Gasteiger partial charge in [-0.2, -0.15) is 0 Å². The molecule has 0 aliphatic rings. The summed E-state index contributed by atoms with van der Waals surface area (Å²) in [6, 6.07) is 6.50. The van der Waals surface area contributed by atoms with Crippen LogP contribution in [0, 0.1) is 6.92 Å². The van der Waals surface area contributed by atoms with Crippen molar-refractivity contribution in [1.82, 2.24) is 5.32 Å². The van der Waals surface area contributed by atoms with Gasteiger partial charge in [0, 0.05) is 6.54 Å². The average molecular weight is 249 g/mol. The quantitative estimate of drug-likeness (QED) is 0.706. The minimum Gasteiger partial charge on any atom is -0.492 e. The van der Waals surface area contributed by atoms with Crippen LogP contribution in [0.1, 0.15) is 50.7 Å². The molecule has 0 aliphatic heterocycles. The molecule has 0 saturated carbocycles. The van der Waals surface area contributed by atoms with Crippen molar-refractivity contribution in [3.63, 3.8) is 0 Å². The third-order valence-electron chi connectivity index (χ3n) is 2.99. The van der Waals surface area contributed by atoms with Gasteiger partial charge < -0.3 is 10.1 Å². The first-order chi connectivity index (χ1) is 8.63. The molecule has 0 radical (unpaired) electrons. The molecule has 1 N–H and O–H groups in total. The van der Waals surface area contributed by atoms with Gasteiger partial charge in [0.1, 0.15) is 12.4 Å². The van der Waals surface area contributed by atoms with Gasteiger partial charge in [-0.25, -0.2) is 0 Å². The first-order valence-electron chi connectivity index (χ1n) is 7.08. The molecule has 1 aromatic carbocycles. The summed E-state index contributed by atoms with van der Waals surface area (Å²) >= 11 is 0. The van der Waals surface area contributed by atoms with Gasteiger partial charge in [-0.3, -0.25) is 0 Å². The Hall–Kier alpha value is -1.02. The maximum Gasteiger partial charge on any atom is 0.119 e. The van der Waals surface area contributed by atoms with Crippen LogP contribution < -0.4 is 10.1 Å². The molecule has 2 nitrogen and oxygen atoms in total. The summed E-state index contributed by atoms with van der Waals surface area (Å²) in [6.45, 7) is 11.5. The smallest absolute Gasteiger partial charge is 0.119 e. The highest BCUT2D eigenvalue weighted by molar-refractivity contribution is 5.35. The number of aryl methyl sites for hydroxylation is 1. The van der Waals surface area contributed by atoms with Crippen LogP contribution >= 0.6 is 0 Å². The largest absolute Gasteiger partial charge is 0.492 e. The first kappa shape index (κ1) is 15.0. The normalized spacial score (nSPS) is 10.9. The summed E-state index contributed by atoms with van der Waals surface area (Å²) in [5.74, 6) is 1.55. The third kappa shape index (κ3) is 5.54. The number of nitrogens with one attached hydrogen (secondary N) is 1. The van der Waals surface area contributed by atoms with E-state index in [1.54, 1.807) is 0 Å². The summed E-state index contributed by atoms with van der Waals surface area (Å²) < 4.78 is 5.80. The van der Waals surface area contributed by atoms with Gasteiger partial charge in [-0.15, -0.1) is 0 Å². The highest BCUT2D eigenvalue weighted by atomic mass is 16.5. The van der Waals surface area contributed by atoms with Gasteiger partial charge in [0.2, 0.25) is 0 Å². The van der Waals surface area contributed by atoms with Crippen molar-refractivity contribution in [2.24, 2.45) is 0 Å². The van der Waals surface area contributed by atoms with Crippen molar-refractivity contribution in [3.05, 3.63) is 29.3 Å². The molecule has 0 fully saturated rings. The van der Waals surface area contributed by atoms with Crippen molar-refractivity contribution in [2.45, 2.75) is 46.5 Å². The van der Waals surface area contributed by atoms with Gasteiger partial charge in [0.05, 0.1) is 0 Å². The monoisotopic (exact) mass is 249 g/mol. The number of benzene rings is 1. The van der Waals surface area contributed by atoms with Crippen LogP contribution in [-0.4, -0.2) is 19.7 Å². The van der Waals surface area contributed by atoms with E-state index in [0.29, 0.717) is 5.92 Å². The molecule has 0 atom stereocenters. The number of hydrogen-bond donors (Lipinski definition) is 1. The maximum absolute atomic E-state index is 5.80. The Morgan fingerprint density at radius 3 is 2.61 bits per heavy atom. The summed E-state index contributed by atoms with van der Waals surface area (Å²) in [5, 5.41) is 3.38. The average Bonchev–Trinajstić information content (AvgIpc) is 2.33. The number of rotatable bonds is 8. The van der Waals surface area contributed by atoms with E-state index < -0.39 is 0 Å². The van der Waals surface area contributed by atoms with Crippen LogP contribution in [0.15, 0.2) is 18.2 Å². The summed E-state index contributed by atoms with van der Waals surface area (Å²) in [4.78, 5) is 0. The lowest BCUT2D eigenvalue weighted by molar-refractivity contribution is 0.313. The van der Waals surface area contributed by atoms with Crippen molar-refractivity contribution in [3.8, 4) is 5.75 Å². The van der Waals surface area contributed by atoms with Crippen LogP contribution in [0.5, 0.6) is 5.75 Å². The van der Waals surface area contributed by atoms with Crippen LogP contribution in [0.4, 0.5) is 0 Å². The molecule has 0 unspecified atom stereocenters. The van der Waals surface area contributed by atoms with Crippen LogP contribution in [0.3, 0.4) is 0 Å². The predicted octanol–water partition coefficient (Wildman–Crippen LogP) is 3.89. The Labute approximate surface area is 112 Å². The first-order valence-corrected chi connectivity index (χ1v) is 7.08. The molecule has 18 heavy (non-hydrogen) atoms. The SMILES string of the molecule is CCCCNCCOc1cc(C)cc(C(C)C)c1. The lowest BCUT2D eigenvalue weighted by atomic mass is 10.0. The third-order valence-corrected chi connectivity index (χ3v) is 2.99. The zero-order valence-electron chi connectivity index (χ0n) is 12.3. The Kier molecular flexibility index (Phi) is 6.81. The summed E-state index contributed by atoms with van der Waals surface area (Å²) in [7, 11) is 0. The second kappa shape index (κ2) is 8.15. The van der Waals surface area contributed by atoms with E-state index in [1.807, 2.05) is 0 Å². The molecule has 2 heteroatoms. The van der Waals surface area contributed by atoms with E-state index in [0.717, 1.165) is 25.4 Å². The van der Waals surface area contributed by atoms with Crippen LogP contribution in [-0.2, 0) is 0 Å². The second-order valence-corrected chi connectivity index (χ2v) is 5.19. The van der Waals surface area contributed by atoms with E-state index in [-0.39, 0.29) is 0 Å². The van der Waals surface area contributed by atoms with E-state index in [4.69, 9.17) is 4.74 Å². The topological polar surface area (TPSA) is 21.3 Å². The number of unbranched alkanes of at least 4 members (excludes halogenated alkanes) is 1. The highest BCUT2D eigenvalue weighted by Crippen LogP contribution is 2.22. The fourth-order valence-electron chi connectivity index (χ4n) is 1.86. The molecular formula is C16H27NO. The molecule has 102 valence electrons. The van der Waals surface area contributed by atoms with E-state index >= 15 is 0 Å². The second-order valence-electron chi connectivity index (χ2n) is 5.19. The lowest BCUT2D eigenvalue weighted by Gasteiger charge is -2.12. The summed E-state index contributed by atoms with van der Waals surface area (Å²) in [6.07, 6.45) is 2.48. The van der Waals surface area contributed by atoms with Crippen molar-refractivity contribution in [1.29, 1.82) is 0 Å². The molecule has 0 saturated heterocycles. The maximum atomic E-state index is 5.80. The molecule has 0 aliphatic carbocycles. The highest BCUT2D eigenvalue weighted by Gasteiger charge is 2.03. The molecule has 1 rings (SSSR count). The zero-order valence-corrected chi connectivity index (χ0v) is 12.3. The fraction of sp³-hybridized carbons (Fsp3) is 0.625. The molecule has 0 bridgehead atoms. The Balaban J connectivity index is 2.37. The summed E-state index contributed by atoms with van der Waals surface area (Å²) in [5.41, 5.74) is 2.62. The van der Waals surface area contributed by atoms with Crippen LogP contribution in [0.25, 0.3) is 0 Å². The molecule has 0 spiro atoms. The van der Waals surface area contributed by atoms with Gasteiger partial charge in [0.25, 0.3) is 0 Å². The number of hydrogen-bond acceptors (Lipinski definition) is 2. The zero-order chi connectivity index (χ0) is 13.4. The van der Waals surface area contributed by atoms with Crippen molar-refractivity contribution >= 4 is 0 Å². The van der Waals surface area contributed by atoms with Crippen LogP contribution in [0.2, 0.25) is 0 Å². The van der Waals surface area contributed by atoms with Gasteiger partial charge in [-0.05, 0) is 49.1 Å². The lowest BCUT2D eigenvalue weighted by Crippen LogP contribution is -2.22. The standard InChI is InChI=1S/C16H27NO/c1-5-6-7-17-8-9-18-16-11-14(4)10-15(12-16)13(2)3/h10-13,17H,5-9H2,1-4H3. The van der Waals surface area contributed by atoms with Gasteiger partial charge in [-0.1, -0.05) is 33.3 Å². The fourth-order valence-corrected chi connectivity index (χ4v) is 1.86. The van der Waals surface area contributed by atoms with Gasteiger partial charge in [0.15, 0.2) is 0 Å².